The van der Waals surface area contributed by atoms with Crippen LogP contribution in [0.1, 0.15) is 30.1 Å². The molecule has 1 atom stereocenters. The van der Waals surface area contributed by atoms with E-state index >= 15 is 0 Å². The Balaban J connectivity index is 2.81. The molecule has 1 N–H and O–H groups in total. The minimum absolute atomic E-state index is 0.0283. The molecule has 0 heterocycles. The van der Waals surface area contributed by atoms with E-state index in [2.05, 4.69) is 28.2 Å². The van der Waals surface area contributed by atoms with Gasteiger partial charge in [-0.25, -0.2) is 0 Å². The monoisotopic (exact) mass is 329 g/mol. The van der Waals surface area contributed by atoms with Crippen LogP contribution in [0.25, 0.3) is 0 Å². The molecule has 0 spiro atoms. The van der Waals surface area contributed by atoms with Crippen molar-refractivity contribution in [1.82, 2.24) is 5.32 Å². The summed E-state index contributed by atoms with van der Waals surface area (Å²) in [5.74, 6) is 0.536. The smallest absolute Gasteiger partial charge is 0.252 e. The molecule has 106 valence electrons. The lowest BCUT2D eigenvalue weighted by Crippen LogP contribution is -2.38. The van der Waals surface area contributed by atoms with Gasteiger partial charge < -0.3 is 14.8 Å². The summed E-state index contributed by atoms with van der Waals surface area (Å²) in [5.41, 5.74) is 0.566. The first-order valence-corrected chi connectivity index (χ1v) is 7.05. The zero-order valence-corrected chi connectivity index (χ0v) is 13.1. The van der Waals surface area contributed by atoms with Gasteiger partial charge in [0.05, 0.1) is 25.3 Å². The van der Waals surface area contributed by atoms with Gasteiger partial charge in [-0.15, -0.1) is 0 Å². The Morgan fingerprint density at radius 2 is 2.16 bits per heavy atom. The molecule has 1 aromatic rings. The molecule has 0 bridgehead atoms. The maximum Gasteiger partial charge on any atom is 0.252 e. The van der Waals surface area contributed by atoms with Crippen molar-refractivity contribution in [2.45, 2.75) is 25.8 Å². The summed E-state index contributed by atoms with van der Waals surface area (Å²) in [6, 6.07) is 5.36. The fourth-order valence-corrected chi connectivity index (χ4v) is 2.24. The third kappa shape index (κ3) is 4.84. The Labute approximate surface area is 122 Å². The van der Waals surface area contributed by atoms with Gasteiger partial charge in [0, 0.05) is 11.6 Å². The Morgan fingerprint density at radius 1 is 1.42 bits per heavy atom. The van der Waals surface area contributed by atoms with Crippen LogP contribution in [0.4, 0.5) is 0 Å². The predicted molar refractivity (Wildman–Crippen MR) is 78.7 cm³/mol. The molecule has 0 saturated heterocycles. The summed E-state index contributed by atoms with van der Waals surface area (Å²) in [5, 5.41) is 2.98. The number of carbonyl (C=O) groups excluding carboxylic acids is 1. The van der Waals surface area contributed by atoms with Crippen LogP contribution in [0.3, 0.4) is 0 Å². The molecule has 4 nitrogen and oxygen atoms in total. The standard InChI is InChI=1S/C14H20BrNO3/c1-4-5-10(9-18-2)16-14(17)12-8-11(19-3)6-7-13(12)15/h6-8,10H,4-5,9H2,1-3H3,(H,16,17). The van der Waals surface area contributed by atoms with Crippen molar-refractivity contribution in [2.24, 2.45) is 0 Å². The first-order chi connectivity index (χ1) is 9.12. The van der Waals surface area contributed by atoms with Gasteiger partial charge in [-0.1, -0.05) is 13.3 Å². The molecule has 5 heteroatoms. The number of nitrogens with one attached hydrogen (secondary N) is 1. The molecule has 1 aromatic carbocycles. The van der Waals surface area contributed by atoms with Crippen LogP contribution in [0, 0.1) is 0 Å². The normalized spacial score (nSPS) is 12.0. The largest absolute Gasteiger partial charge is 0.497 e. The first kappa shape index (κ1) is 16.0. The second kappa shape index (κ2) is 8.17. The fourth-order valence-electron chi connectivity index (χ4n) is 1.82. The highest BCUT2D eigenvalue weighted by molar-refractivity contribution is 9.10. The average molecular weight is 330 g/mol. The molecule has 0 radical (unpaired) electrons. The van der Waals surface area contributed by atoms with Crippen LogP contribution in [-0.2, 0) is 4.74 Å². The van der Waals surface area contributed by atoms with E-state index in [9.17, 15) is 4.79 Å². The van der Waals surface area contributed by atoms with Crippen LogP contribution < -0.4 is 10.1 Å². The van der Waals surface area contributed by atoms with Crippen LogP contribution >= 0.6 is 15.9 Å². The minimum atomic E-state index is -0.124. The van der Waals surface area contributed by atoms with Crippen molar-refractivity contribution in [3.05, 3.63) is 28.2 Å². The lowest BCUT2D eigenvalue weighted by atomic mass is 10.1. The summed E-state index contributed by atoms with van der Waals surface area (Å²) in [4.78, 5) is 12.2. The number of carbonyl (C=O) groups is 1. The third-order valence-corrected chi connectivity index (χ3v) is 3.45. The zero-order chi connectivity index (χ0) is 14.3. The third-order valence-electron chi connectivity index (χ3n) is 2.76. The Morgan fingerprint density at radius 3 is 2.74 bits per heavy atom. The molecule has 0 aliphatic carbocycles. The summed E-state index contributed by atoms with van der Waals surface area (Å²) in [6.07, 6.45) is 1.88. The number of methoxy groups -OCH3 is 2. The van der Waals surface area contributed by atoms with Crippen LogP contribution in [-0.4, -0.2) is 32.8 Å². The maximum atomic E-state index is 12.2. The van der Waals surface area contributed by atoms with Gasteiger partial charge in [-0.05, 0) is 40.5 Å². The highest BCUT2D eigenvalue weighted by Gasteiger charge is 2.16. The molecule has 0 fully saturated rings. The first-order valence-electron chi connectivity index (χ1n) is 6.25. The van der Waals surface area contributed by atoms with Crippen LogP contribution in [0.15, 0.2) is 22.7 Å². The van der Waals surface area contributed by atoms with E-state index in [1.165, 1.54) is 0 Å². The minimum Gasteiger partial charge on any atom is -0.497 e. The van der Waals surface area contributed by atoms with Crippen molar-refractivity contribution in [3.63, 3.8) is 0 Å². The van der Waals surface area contributed by atoms with Gasteiger partial charge in [0.15, 0.2) is 0 Å². The van der Waals surface area contributed by atoms with Gasteiger partial charge in [-0.3, -0.25) is 4.79 Å². The molecular formula is C14H20BrNO3. The predicted octanol–water partition coefficient (Wildman–Crippen LogP) is 3.00. The van der Waals surface area contributed by atoms with E-state index < -0.39 is 0 Å². The van der Waals surface area contributed by atoms with Gasteiger partial charge in [-0.2, -0.15) is 0 Å². The van der Waals surface area contributed by atoms with Gasteiger partial charge in [0.1, 0.15) is 5.75 Å². The molecular weight excluding hydrogens is 310 g/mol. The van der Waals surface area contributed by atoms with E-state index in [-0.39, 0.29) is 11.9 Å². The molecule has 1 rings (SSSR count). The Kier molecular flexibility index (Phi) is 6.87. The molecule has 0 aliphatic heterocycles. The highest BCUT2D eigenvalue weighted by atomic mass is 79.9. The molecule has 1 unspecified atom stereocenters. The van der Waals surface area contributed by atoms with E-state index in [1.54, 1.807) is 32.4 Å². The van der Waals surface area contributed by atoms with Crippen molar-refractivity contribution in [3.8, 4) is 5.75 Å². The van der Waals surface area contributed by atoms with Crippen LogP contribution in [0.2, 0.25) is 0 Å². The highest BCUT2D eigenvalue weighted by Crippen LogP contribution is 2.22. The molecule has 19 heavy (non-hydrogen) atoms. The number of amides is 1. The van der Waals surface area contributed by atoms with Crippen LogP contribution in [0.5, 0.6) is 5.75 Å². The van der Waals surface area contributed by atoms with Gasteiger partial charge in [0.25, 0.3) is 5.91 Å². The van der Waals surface area contributed by atoms with Crippen molar-refractivity contribution in [1.29, 1.82) is 0 Å². The second-order valence-corrected chi connectivity index (χ2v) is 5.11. The topological polar surface area (TPSA) is 47.6 Å². The number of rotatable bonds is 7. The Hall–Kier alpha value is -1.07. The summed E-state index contributed by atoms with van der Waals surface area (Å²) in [6.45, 7) is 2.59. The summed E-state index contributed by atoms with van der Waals surface area (Å²) in [7, 11) is 3.21. The number of benzene rings is 1. The fraction of sp³-hybridized carbons (Fsp3) is 0.500. The lowest BCUT2D eigenvalue weighted by Gasteiger charge is -2.17. The molecule has 1 amide bonds. The SMILES string of the molecule is CCCC(COC)NC(=O)c1cc(OC)ccc1Br. The summed E-state index contributed by atoms with van der Waals surface area (Å²) >= 11 is 3.38. The van der Waals surface area contributed by atoms with Crippen molar-refractivity contribution < 1.29 is 14.3 Å². The summed E-state index contributed by atoms with van der Waals surface area (Å²) < 4.78 is 11.0. The van der Waals surface area contributed by atoms with E-state index in [0.29, 0.717) is 17.9 Å². The van der Waals surface area contributed by atoms with E-state index in [0.717, 1.165) is 17.3 Å². The van der Waals surface area contributed by atoms with Crippen molar-refractivity contribution in [2.75, 3.05) is 20.8 Å². The zero-order valence-electron chi connectivity index (χ0n) is 11.5. The number of hydrogen-bond acceptors (Lipinski definition) is 3. The maximum absolute atomic E-state index is 12.2. The van der Waals surface area contributed by atoms with Gasteiger partial charge in [0.2, 0.25) is 0 Å². The van der Waals surface area contributed by atoms with Gasteiger partial charge >= 0.3 is 0 Å². The number of ether oxygens (including phenoxy) is 2. The second-order valence-electron chi connectivity index (χ2n) is 4.26. The number of halogens is 1. The number of hydrogen-bond donors (Lipinski definition) is 1. The lowest BCUT2D eigenvalue weighted by molar-refractivity contribution is 0.0890. The quantitative estimate of drug-likeness (QED) is 0.836. The molecule has 0 aromatic heterocycles. The van der Waals surface area contributed by atoms with Crippen molar-refractivity contribution >= 4 is 21.8 Å². The van der Waals surface area contributed by atoms with E-state index in [1.807, 2.05) is 0 Å². The average Bonchev–Trinajstić information content (AvgIpc) is 2.39. The van der Waals surface area contributed by atoms with E-state index in [4.69, 9.17) is 9.47 Å². The molecule has 0 saturated carbocycles. The molecule has 0 aliphatic rings. The Bertz CT molecular complexity index is 417.